The summed E-state index contributed by atoms with van der Waals surface area (Å²) in [5.74, 6) is -4.76. The number of rotatable bonds is 3. The van der Waals surface area contributed by atoms with Gasteiger partial charge in [-0.3, -0.25) is 4.79 Å². The lowest BCUT2D eigenvalue weighted by molar-refractivity contribution is -0.142. The van der Waals surface area contributed by atoms with E-state index >= 15 is 0 Å². The van der Waals surface area contributed by atoms with Crippen molar-refractivity contribution < 1.29 is 27.8 Å². The van der Waals surface area contributed by atoms with E-state index in [0.29, 0.717) is 12.1 Å². The Kier molecular flexibility index (Phi) is 3.89. The molecular weight excluding hydrogens is 225 g/mol. The van der Waals surface area contributed by atoms with Crippen molar-refractivity contribution in [2.45, 2.75) is 12.5 Å². The predicted octanol–water partition coefficient (Wildman–Crippen LogP) is 1.70. The lowest BCUT2D eigenvalue weighted by Gasteiger charge is -2.11. The first-order valence-electron chi connectivity index (χ1n) is 4.35. The molecule has 88 valence electrons. The molecule has 3 nitrogen and oxygen atoms in total. The molecule has 0 aliphatic heterocycles. The van der Waals surface area contributed by atoms with Crippen LogP contribution in [0.1, 0.15) is 18.1 Å². The second-order valence-corrected chi connectivity index (χ2v) is 3.05. The quantitative estimate of drug-likeness (QED) is 0.639. The van der Waals surface area contributed by atoms with Crippen LogP contribution in [0, 0.1) is 17.5 Å². The zero-order valence-electron chi connectivity index (χ0n) is 8.34. The normalized spacial score (nSPS) is 12.3. The Balaban J connectivity index is 3.03. The van der Waals surface area contributed by atoms with Crippen molar-refractivity contribution in [3.63, 3.8) is 0 Å². The highest BCUT2D eigenvalue weighted by molar-refractivity contribution is 5.70. The summed E-state index contributed by atoms with van der Waals surface area (Å²) >= 11 is 0. The SMILES string of the molecule is COC(=O)CC(O)c1c(F)ccc(F)c1F. The van der Waals surface area contributed by atoms with E-state index in [0.717, 1.165) is 7.11 Å². The maximum absolute atomic E-state index is 13.1. The Labute approximate surface area is 89.5 Å². The number of halogens is 3. The average Bonchev–Trinajstić information content (AvgIpc) is 2.24. The highest BCUT2D eigenvalue weighted by Crippen LogP contribution is 2.25. The standard InChI is InChI=1S/C10H9F3O3/c1-16-8(15)4-7(14)9-5(11)2-3-6(12)10(9)13/h2-3,7,14H,4H2,1H3. The van der Waals surface area contributed by atoms with Crippen molar-refractivity contribution in [2.75, 3.05) is 7.11 Å². The minimum atomic E-state index is -1.77. The summed E-state index contributed by atoms with van der Waals surface area (Å²) in [6.45, 7) is 0. The number of esters is 1. The maximum atomic E-state index is 13.1. The van der Waals surface area contributed by atoms with E-state index in [4.69, 9.17) is 0 Å². The number of carbonyl (C=O) groups is 1. The molecule has 1 aromatic carbocycles. The van der Waals surface area contributed by atoms with Crippen molar-refractivity contribution in [3.8, 4) is 0 Å². The van der Waals surface area contributed by atoms with Gasteiger partial charge in [0.15, 0.2) is 11.6 Å². The summed E-state index contributed by atoms with van der Waals surface area (Å²) in [4.78, 5) is 10.8. The molecule has 0 fully saturated rings. The Morgan fingerprint density at radius 1 is 1.38 bits per heavy atom. The van der Waals surface area contributed by atoms with Crippen LogP contribution in [0.5, 0.6) is 0 Å². The Morgan fingerprint density at radius 3 is 2.50 bits per heavy atom. The van der Waals surface area contributed by atoms with Gasteiger partial charge in [-0.25, -0.2) is 13.2 Å². The Bertz CT molecular complexity index is 407. The van der Waals surface area contributed by atoms with Crippen LogP contribution in [-0.4, -0.2) is 18.2 Å². The third-order valence-electron chi connectivity index (χ3n) is 2.00. The third kappa shape index (κ3) is 2.52. The molecule has 0 radical (unpaired) electrons. The van der Waals surface area contributed by atoms with Gasteiger partial charge < -0.3 is 9.84 Å². The first-order chi connectivity index (χ1) is 7.47. The molecule has 0 spiro atoms. The minimum Gasteiger partial charge on any atom is -0.469 e. The molecule has 16 heavy (non-hydrogen) atoms. The summed E-state index contributed by atoms with van der Waals surface area (Å²) < 4.78 is 43.2. The summed E-state index contributed by atoms with van der Waals surface area (Å²) in [5.41, 5.74) is -0.870. The number of hydrogen-bond donors (Lipinski definition) is 1. The first kappa shape index (κ1) is 12.5. The minimum absolute atomic E-state index is 0.596. The van der Waals surface area contributed by atoms with Crippen LogP contribution in [0.4, 0.5) is 13.2 Å². The second kappa shape index (κ2) is 4.98. The fourth-order valence-corrected chi connectivity index (χ4v) is 1.19. The molecular formula is C10H9F3O3. The number of aliphatic hydroxyl groups excluding tert-OH is 1. The highest BCUT2D eigenvalue weighted by atomic mass is 19.2. The van der Waals surface area contributed by atoms with Crippen LogP contribution >= 0.6 is 0 Å². The zero-order chi connectivity index (χ0) is 12.3. The zero-order valence-corrected chi connectivity index (χ0v) is 8.34. The topological polar surface area (TPSA) is 46.5 Å². The molecule has 0 aliphatic rings. The molecule has 0 heterocycles. The molecule has 0 saturated heterocycles. The van der Waals surface area contributed by atoms with Crippen molar-refractivity contribution in [3.05, 3.63) is 35.1 Å². The Morgan fingerprint density at radius 2 is 1.94 bits per heavy atom. The van der Waals surface area contributed by atoms with Gasteiger partial charge in [0, 0.05) is 0 Å². The smallest absolute Gasteiger partial charge is 0.308 e. The van der Waals surface area contributed by atoms with Crippen molar-refractivity contribution in [1.29, 1.82) is 0 Å². The largest absolute Gasteiger partial charge is 0.469 e. The van der Waals surface area contributed by atoms with E-state index in [1.807, 2.05) is 0 Å². The van der Waals surface area contributed by atoms with Crippen LogP contribution in [-0.2, 0) is 9.53 Å². The molecule has 1 aromatic rings. The van der Waals surface area contributed by atoms with Crippen LogP contribution < -0.4 is 0 Å². The van der Waals surface area contributed by atoms with Crippen LogP contribution in [0.2, 0.25) is 0 Å². The number of ether oxygens (including phenoxy) is 1. The number of methoxy groups -OCH3 is 1. The monoisotopic (exact) mass is 234 g/mol. The van der Waals surface area contributed by atoms with Gasteiger partial charge in [-0.2, -0.15) is 0 Å². The van der Waals surface area contributed by atoms with Crippen LogP contribution in [0.3, 0.4) is 0 Å². The molecule has 0 aliphatic carbocycles. The van der Waals surface area contributed by atoms with Gasteiger partial charge in [0.1, 0.15) is 5.82 Å². The van der Waals surface area contributed by atoms with E-state index in [2.05, 4.69) is 4.74 Å². The van der Waals surface area contributed by atoms with E-state index in [9.17, 15) is 23.1 Å². The van der Waals surface area contributed by atoms with Gasteiger partial charge in [0.2, 0.25) is 0 Å². The molecule has 1 N–H and O–H groups in total. The van der Waals surface area contributed by atoms with E-state index in [-0.39, 0.29) is 0 Å². The van der Waals surface area contributed by atoms with Gasteiger partial charge in [-0.1, -0.05) is 0 Å². The van der Waals surface area contributed by atoms with Gasteiger partial charge in [-0.05, 0) is 12.1 Å². The average molecular weight is 234 g/mol. The van der Waals surface area contributed by atoms with Crippen molar-refractivity contribution in [2.24, 2.45) is 0 Å². The van der Waals surface area contributed by atoms with Crippen molar-refractivity contribution >= 4 is 5.97 Å². The fraction of sp³-hybridized carbons (Fsp3) is 0.300. The molecule has 0 aromatic heterocycles. The highest BCUT2D eigenvalue weighted by Gasteiger charge is 2.23. The molecule has 1 unspecified atom stereocenters. The number of aliphatic hydroxyl groups is 1. The predicted molar refractivity (Wildman–Crippen MR) is 47.9 cm³/mol. The summed E-state index contributed by atoms with van der Waals surface area (Å²) in [6, 6.07) is 1.27. The Hall–Kier alpha value is -1.56. The number of hydrogen-bond acceptors (Lipinski definition) is 3. The second-order valence-electron chi connectivity index (χ2n) is 3.05. The maximum Gasteiger partial charge on any atom is 0.308 e. The van der Waals surface area contributed by atoms with Gasteiger partial charge in [-0.15, -0.1) is 0 Å². The lowest BCUT2D eigenvalue weighted by Crippen LogP contribution is -2.12. The van der Waals surface area contributed by atoms with E-state index in [1.54, 1.807) is 0 Å². The van der Waals surface area contributed by atoms with E-state index < -0.39 is 41.5 Å². The lowest BCUT2D eigenvalue weighted by atomic mass is 10.1. The summed E-state index contributed by atoms with van der Waals surface area (Å²) in [6.07, 6.45) is -2.42. The third-order valence-corrected chi connectivity index (χ3v) is 2.00. The van der Waals surface area contributed by atoms with Crippen molar-refractivity contribution in [1.82, 2.24) is 0 Å². The van der Waals surface area contributed by atoms with E-state index in [1.165, 1.54) is 0 Å². The summed E-state index contributed by atoms with van der Waals surface area (Å²) in [7, 11) is 1.06. The van der Waals surface area contributed by atoms with Gasteiger partial charge >= 0.3 is 5.97 Å². The molecule has 1 rings (SSSR count). The molecule has 1 atom stereocenters. The van der Waals surface area contributed by atoms with Crippen LogP contribution in [0.25, 0.3) is 0 Å². The fourth-order valence-electron chi connectivity index (χ4n) is 1.19. The molecule has 0 saturated carbocycles. The molecule has 6 heteroatoms. The van der Waals surface area contributed by atoms with Gasteiger partial charge in [0.05, 0.1) is 25.2 Å². The molecule has 0 bridgehead atoms. The molecule has 0 amide bonds. The summed E-state index contributed by atoms with van der Waals surface area (Å²) in [5, 5.41) is 9.36. The number of carbonyl (C=O) groups excluding carboxylic acids is 1. The van der Waals surface area contributed by atoms with Gasteiger partial charge in [0.25, 0.3) is 0 Å². The first-order valence-corrected chi connectivity index (χ1v) is 4.35. The number of benzene rings is 1. The van der Waals surface area contributed by atoms with Crippen LogP contribution in [0.15, 0.2) is 12.1 Å².